The Labute approximate surface area is 116 Å². The van der Waals surface area contributed by atoms with Crippen LogP contribution in [0.3, 0.4) is 0 Å². The summed E-state index contributed by atoms with van der Waals surface area (Å²) in [4.78, 5) is 11.3. The Hall–Kier alpha value is -1.26. The van der Waals surface area contributed by atoms with Gasteiger partial charge in [-0.25, -0.2) is 10.2 Å². The van der Waals surface area contributed by atoms with Gasteiger partial charge in [0.15, 0.2) is 0 Å². The van der Waals surface area contributed by atoms with Crippen molar-refractivity contribution in [3.05, 3.63) is 33.8 Å². The number of rotatable bonds is 2. The first-order valence-corrected chi connectivity index (χ1v) is 6.00. The van der Waals surface area contributed by atoms with Crippen molar-refractivity contribution in [1.82, 2.24) is 5.43 Å². The Morgan fingerprint density at radius 3 is 2.61 bits per heavy atom. The third-order valence-electron chi connectivity index (χ3n) is 1.72. The zero-order valence-electron chi connectivity index (χ0n) is 10.3. The van der Waals surface area contributed by atoms with Gasteiger partial charge in [-0.1, -0.05) is 29.3 Å². The van der Waals surface area contributed by atoms with Gasteiger partial charge >= 0.3 is 6.09 Å². The van der Waals surface area contributed by atoms with Crippen LogP contribution in [0.1, 0.15) is 26.3 Å². The topological polar surface area (TPSA) is 50.7 Å². The molecule has 1 aromatic carbocycles. The first-order valence-electron chi connectivity index (χ1n) is 5.25. The quantitative estimate of drug-likeness (QED) is 0.664. The molecule has 0 atom stereocenters. The number of benzene rings is 1. The maximum absolute atomic E-state index is 11.3. The summed E-state index contributed by atoms with van der Waals surface area (Å²) in [6.45, 7) is 5.31. The monoisotopic (exact) mass is 288 g/mol. The van der Waals surface area contributed by atoms with E-state index in [0.717, 1.165) is 0 Å². The van der Waals surface area contributed by atoms with E-state index in [2.05, 4.69) is 10.5 Å². The fraction of sp³-hybridized carbons (Fsp3) is 0.333. The van der Waals surface area contributed by atoms with Gasteiger partial charge in [0, 0.05) is 10.6 Å². The van der Waals surface area contributed by atoms with Crippen LogP contribution in [0.5, 0.6) is 0 Å². The average Bonchev–Trinajstić information content (AvgIpc) is 2.18. The number of carbonyl (C=O) groups is 1. The Kier molecular flexibility index (Phi) is 4.99. The normalized spacial score (nSPS) is 11.6. The van der Waals surface area contributed by atoms with Crippen LogP contribution in [-0.2, 0) is 4.74 Å². The molecule has 0 aliphatic rings. The molecule has 1 N–H and O–H groups in total. The molecule has 0 aliphatic carbocycles. The summed E-state index contributed by atoms with van der Waals surface area (Å²) in [7, 11) is 0. The lowest BCUT2D eigenvalue weighted by Gasteiger charge is -2.18. The van der Waals surface area contributed by atoms with E-state index in [1.807, 2.05) is 0 Å². The fourth-order valence-electron chi connectivity index (χ4n) is 1.06. The number of carbonyl (C=O) groups excluding carboxylic acids is 1. The number of hydrogen-bond donors (Lipinski definition) is 1. The molecule has 0 aliphatic heterocycles. The summed E-state index contributed by atoms with van der Waals surface area (Å²) in [6.07, 6.45) is 0.798. The third-order valence-corrected chi connectivity index (χ3v) is 2.28. The van der Waals surface area contributed by atoms with Gasteiger partial charge in [-0.05, 0) is 32.9 Å². The zero-order chi connectivity index (χ0) is 13.8. The van der Waals surface area contributed by atoms with Crippen LogP contribution < -0.4 is 5.43 Å². The number of ether oxygens (including phenoxy) is 1. The van der Waals surface area contributed by atoms with Crippen LogP contribution in [0.4, 0.5) is 4.79 Å². The minimum atomic E-state index is -0.621. The number of nitrogens with one attached hydrogen (secondary N) is 1. The van der Waals surface area contributed by atoms with E-state index >= 15 is 0 Å². The van der Waals surface area contributed by atoms with Gasteiger partial charge in [-0.3, -0.25) is 0 Å². The molecule has 0 heterocycles. The molecule has 6 heteroatoms. The van der Waals surface area contributed by atoms with Crippen molar-refractivity contribution in [1.29, 1.82) is 0 Å². The average molecular weight is 289 g/mol. The molecule has 0 saturated carbocycles. The van der Waals surface area contributed by atoms with E-state index in [-0.39, 0.29) is 0 Å². The molecule has 0 unspecified atom stereocenters. The maximum Gasteiger partial charge on any atom is 0.428 e. The van der Waals surface area contributed by atoms with Crippen molar-refractivity contribution >= 4 is 35.5 Å². The summed E-state index contributed by atoms with van der Waals surface area (Å²) >= 11 is 11.7. The van der Waals surface area contributed by atoms with E-state index in [0.29, 0.717) is 15.6 Å². The molecule has 1 amide bonds. The molecule has 0 saturated heterocycles. The molecular formula is C12H14Cl2N2O2. The fourth-order valence-corrected chi connectivity index (χ4v) is 1.52. The highest BCUT2D eigenvalue weighted by atomic mass is 35.5. The lowest BCUT2D eigenvalue weighted by Crippen LogP contribution is -2.29. The number of halogens is 2. The van der Waals surface area contributed by atoms with Gasteiger partial charge < -0.3 is 4.74 Å². The van der Waals surface area contributed by atoms with E-state index in [4.69, 9.17) is 27.9 Å². The van der Waals surface area contributed by atoms with Gasteiger partial charge in [-0.2, -0.15) is 5.10 Å². The van der Waals surface area contributed by atoms with Crippen molar-refractivity contribution in [2.45, 2.75) is 26.4 Å². The molecule has 0 aromatic heterocycles. The van der Waals surface area contributed by atoms with Crippen molar-refractivity contribution in [3.63, 3.8) is 0 Å². The van der Waals surface area contributed by atoms with Crippen LogP contribution in [0.15, 0.2) is 23.3 Å². The third kappa shape index (κ3) is 5.38. The van der Waals surface area contributed by atoms with Crippen molar-refractivity contribution in [2.75, 3.05) is 0 Å². The van der Waals surface area contributed by atoms with Crippen LogP contribution in [0, 0.1) is 0 Å². The predicted octanol–water partition coefficient (Wildman–Crippen LogP) is 3.85. The minimum absolute atomic E-state index is 0.456. The lowest BCUT2D eigenvalue weighted by atomic mass is 10.2. The molecular weight excluding hydrogens is 275 g/mol. The summed E-state index contributed by atoms with van der Waals surface area (Å²) in [5.74, 6) is 0. The highest BCUT2D eigenvalue weighted by molar-refractivity contribution is 6.36. The predicted molar refractivity (Wildman–Crippen MR) is 73.4 cm³/mol. The Balaban J connectivity index is 2.58. The second-order valence-corrected chi connectivity index (χ2v) is 5.38. The van der Waals surface area contributed by atoms with Crippen LogP contribution in [0.25, 0.3) is 0 Å². The van der Waals surface area contributed by atoms with Crippen molar-refractivity contribution in [2.24, 2.45) is 5.10 Å². The number of nitrogens with zero attached hydrogens (tertiary/aromatic N) is 1. The minimum Gasteiger partial charge on any atom is -0.443 e. The Morgan fingerprint density at radius 2 is 2.06 bits per heavy atom. The summed E-state index contributed by atoms with van der Waals surface area (Å²) in [5.41, 5.74) is 2.34. The summed E-state index contributed by atoms with van der Waals surface area (Å²) < 4.78 is 5.01. The standard InChI is InChI=1S/C12H14Cl2N2O2/c1-12(2,3)18-11(17)16-15-7-8-4-5-9(13)6-10(8)14/h4-7H,1-3H3,(H,16,17). The van der Waals surface area contributed by atoms with Gasteiger partial charge in [-0.15, -0.1) is 0 Å². The van der Waals surface area contributed by atoms with E-state index in [1.165, 1.54) is 6.21 Å². The lowest BCUT2D eigenvalue weighted by molar-refractivity contribution is 0.0529. The smallest absolute Gasteiger partial charge is 0.428 e. The molecule has 0 radical (unpaired) electrons. The van der Waals surface area contributed by atoms with E-state index in [9.17, 15) is 4.79 Å². The second-order valence-electron chi connectivity index (χ2n) is 4.54. The first-order chi connectivity index (χ1) is 8.28. The SMILES string of the molecule is CC(C)(C)OC(=O)NN=Cc1ccc(Cl)cc1Cl. The van der Waals surface area contributed by atoms with Crippen molar-refractivity contribution in [3.8, 4) is 0 Å². The highest BCUT2D eigenvalue weighted by Gasteiger charge is 2.15. The largest absolute Gasteiger partial charge is 0.443 e. The second kappa shape index (κ2) is 6.07. The molecule has 1 aromatic rings. The highest BCUT2D eigenvalue weighted by Crippen LogP contribution is 2.19. The molecule has 1 rings (SSSR count). The Bertz CT molecular complexity index is 468. The number of amides is 1. The molecule has 0 fully saturated rings. The molecule has 0 spiro atoms. The van der Waals surface area contributed by atoms with Crippen LogP contribution >= 0.6 is 23.2 Å². The number of hydrazone groups is 1. The van der Waals surface area contributed by atoms with E-state index < -0.39 is 11.7 Å². The molecule has 18 heavy (non-hydrogen) atoms. The van der Waals surface area contributed by atoms with Crippen LogP contribution in [-0.4, -0.2) is 17.9 Å². The van der Waals surface area contributed by atoms with Gasteiger partial charge in [0.2, 0.25) is 0 Å². The van der Waals surface area contributed by atoms with Crippen LogP contribution in [0.2, 0.25) is 10.0 Å². The number of hydrogen-bond acceptors (Lipinski definition) is 3. The van der Waals surface area contributed by atoms with Gasteiger partial charge in [0.05, 0.1) is 11.2 Å². The Morgan fingerprint density at radius 1 is 1.39 bits per heavy atom. The summed E-state index contributed by atoms with van der Waals surface area (Å²) in [5, 5.41) is 4.73. The zero-order valence-corrected chi connectivity index (χ0v) is 11.8. The van der Waals surface area contributed by atoms with E-state index in [1.54, 1.807) is 39.0 Å². The van der Waals surface area contributed by atoms with Gasteiger partial charge in [0.1, 0.15) is 5.60 Å². The summed E-state index contributed by atoms with van der Waals surface area (Å²) in [6, 6.07) is 4.98. The molecule has 0 bridgehead atoms. The molecule has 98 valence electrons. The first kappa shape index (κ1) is 14.8. The van der Waals surface area contributed by atoms with Crippen molar-refractivity contribution < 1.29 is 9.53 Å². The van der Waals surface area contributed by atoms with Gasteiger partial charge in [0.25, 0.3) is 0 Å². The maximum atomic E-state index is 11.3. The molecule has 4 nitrogen and oxygen atoms in total.